The number of carbonyl (C=O) groups is 1. The van der Waals surface area contributed by atoms with Crippen LogP contribution in [0.5, 0.6) is 0 Å². The molecule has 5 heteroatoms. The second-order valence-electron chi connectivity index (χ2n) is 5.33. The summed E-state index contributed by atoms with van der Waals surface area (Å²) in [6, 6.07) is 13.6. The van der Waals surface area contributed by atoms with Crippen molar-refractivity contribution in [1.82, 2.24) is 5.32 Å². The van der Waals surface area contributed by atoms with Crippen molar-refractivity contribution in [2.24, 2.45) is 0 Å². The summed E-state index contributed by atoms with van der Waals surface area (Å²) in [5.41, 5.74) is 4.00. The van der Waals surface area contributed by atoms with Crippen molar-refractivity contribution in [2.45, 2.75) is 17.9 Å². The molecule has 1 aliphatic heterocycles. The summed E-state index contributed by atoms with van der Waals surface area (Å²) in [5, 5.41) is 6.21. The van der Waals surface area contributed by atoms with Gasteiger partial charge in [0.1, 0.15) is 0 Å². The Hall–Kier alpha value is -2.14. The zero-order valence-electron chi connectivity index (χ0n) is 12.4. The molecule has 1 heterocycles. The number of nitrogens with one attached hydrogen (secondary N) is 2. The number of benzene rings is 2. The largest absolute Gasteiger partial charge is 0.381 e. The smallest absolute Gasteiger partial charge is 0.251 e. The second kappa shape index (κ2) is 6.32. The van der Waals surface area contributed by atoms with Gasteiger partial charge in [0.2, 0.25) is 0 Å². The van der Waals surface area contributed by atoms with E-state index in [1.165, 1.54) is 0 Å². The third kappa shape index (κ3) is 3.20. The molecule has 0 spiro atoms. The van der Waals surface area contributed by atoms with Crippen LogP contribution in [0, 0.1) is 0 Å². The van der Waals surface area contributed by atoms with E-state index in [2.05, 4.69) is 10.6 Å². The van der Waals surface area contributed by atoms with Gasteiger partial charge in [-0.05, 0) is 47.9 Å². The topological polar surface area (TPSA) is 58.2 Å². The highest BCUT2D eigenvalue weighted by atomic mass is 32.2. The van der Waals surface area contributed by atoms with E-state index < -0.39 is 10.8 Å². The van der Waals surface area contributed by atoms with Crippen LogP contribution in [0.3, 0.4) is 0 Å². The van der Waals surface area contributed by atoms with E-state index in [9.17, 15) is 9.00 Å². The van der Waals surface area contributed by atoms with Gasteiger partial charge in [0, 0.05) is 46.3 Å². The highest BCUT2D eigenvalue weighted by molar-refractivity contribution is 7.84. The predicted octanol–water partition coefficient (Wildman–Crippen LogP) is 2.32. The van der Waals surface area contributed by atoms with Gasteiger partial charge in [-0.15, -0.1) is 0 Å². The molecular formula is C17H18N2O2S. The number of carbonyl (C=O) groups excluding carboxylic acids is 1. The quantitative estimate of drug-likeness (QED) is 0.910. The van der Waals surface area contributed by atoms with Gasteiger partial charge in [-0.3, -0.25) is 9.00 Å². The van der Waals surface area contributed by atoms with Crippen LogP contribution in [-0.4, -0.2) is 22.9 Å². The Bertz CT molecular complexity index is 726. The summed E-state index contributed by atoms with van der Waals surface area (Å²) in [5.74, 6) is 0.0101. The molecule has 0 saturated heterocycles. The number of fused-ring (bicyclic) bond motifs is 1. The standard InChI is InChI=1S/C17H18N2O2S/c1-22(21)15-5-2-12(3-6-15)11-19-14-4-7-16-13(10-14)8-9-18-17(16)20/h2-7,10,19H,8-9,11H2,1H3,(H,18,20). The zero-order valence-corrected chi connectivity index (χ0v) is 13.2. The van der Waals surface area contributed by atoms with Crippen LogP contribution in [-0.2, 0) is 23.8 Å². The number of hydrogen-bond acceptors (Lipinski definition) is 3. The molecule has 22 heavy (non-hydrogen) atoms. The van der Waals surface area contributed by atoms with Gasteiger partial charge in [-0.2, -0.15) is 0 Å². The lowest BCUT2D eigenvalue weighted by Gasteiger charge is -2.17. The Labute approximate surface area is 132 Å². The molecule has 2 N–H and O–H groups in total. The predicted molar refractivity (Wildman–Crippen MR) is 88.6 cm³/mol. The van der Waals surface area contributed by atoms with Gasteiger partial charge >= 0.3 is 0 Å². The Kier molecular flexibility index (Phi) is 4.24. The molecule has 3 rings (SSSR count). The van der Waals surface area contributed by atoms with Crippen LogP contribution in [0.4, 0.5) is 5.69 Å². The van der Waals surface area contributed by atoms with Gasteiger partial charge in [-0.25, -0.2) is 0 Å². The molecule has 0 fully saturated rings. The first kappa shape index (κ1) is 14.8. The molecule has 0 aromatic heterocycles. The van der Waals surface area contributed by atoms with E-state index >= 15 is 0 Å². The minimum Gasteiger partial charge on any atom is -0.381 e. The van der Waals surface area contributed by atoms with Gasteiger partial charge < -0.3 is 10.6 Å². The lowest BCUT2D eigenvalue weighted by molar-refractivity contribution is 0.0946. The van der Waals surface area contributed by atoms with Crippen molar-refractivity contribution < 1.29 is 9.00 Å². The first-order valence-corrected chi connectivity index (χ1v) is 8.76. The maximum Gasteiger partial charge on any atom is 0.251 e. The third-order valence-corrected chi connectivity index (χ3v) is 4.72. The van der Waals surface area contributed by atoms with E-state index in [0.717, 1.165) is 33.7 Å². The normalized spacial score (nSPS) is 14.9. The lowest BCUT2D eigenvalue weighted by atomic mass is 10.00. The molecule has 0 saturated carbocycles. The van der Waals surface area contributed by atoms with Crippen molar-refractivity contribution in [3.63, 3.8) is 0 Å². The molecule has 114 valence electrons. The Morgan fingerprint density at radius 2 is 1.95 bits per heavy atom. The minimum atomic E-state index is -0.941. The van der Waals surface area contributed by atoms with Crippen molar-refractivity contribution >= 4 is 22.4 Å². The molecule has 4 nitrogen and oxygen atoms in total. The number of rotatable bonds is 4. The van der Waals surface area contributed by atoms with E-state index in [1.807, 2.05) is 42.5 Å². The monoisotopic (exact) mass is 314 g/mol. The first-order valence-electron chi connectivity index (χ1n) is 7.21. The molecule has 1 unspecified atom stereocenters. The van der Waals surface area contributed by atoms with Gasteiger partial charge in [-0.1, -0.05) is 12.1 Å². The molecule has 0 bridgehead atoms. The molecule has 0 aliphatic carbocycles. The fraction of sp³-hybridized carbons (Fsp3) is 0.235. The van der Waals surface area contributed by atoms with Crippen molar-refractivity contribution in [3.05, 3.63) is 59.2 Å². The zero-order chi connectivity index (χ0) is 15.5. The maximum absolute atomic E-state index is 11.7. The Morgan fingerprint density at radius 3 is 2.68 bits per heavy atom. The average Bonchev–Trinajstić information content (AvgIpc) is 2.53. The summed E-state index contributed by atoms with van der Waals surface area (Å²) in [7, 11) is -0.941. The SMILES string of the molecule is CS(=O)c1ccc(CNc2ccc3c(c2)CCNC3=O)cc1. The Morgan fingerprint density at radius 1 is 1.18 bits per heavy atom. The van der Waals surface area contributed by atoms with Crippen LogP contribution in [0.15, 0.2) is 47.4 Å². The fourth-order valence-electron chi connectivity index (χ4n) is 2.54. The second-order valence-corrected chi connectivity index (χ2v) is 6.71. The van der Waals surface area contributed by atoms with Gasteiger partial charge in [0.25, 0.3) is 5.91 Å². The Balaban J connectivity index is 1.69. The molecule has 1 atom stereocenters. The highest BCUT2D eigenvalue weighted by Gasteiger charge is 2.16. The van der Waals surface area contributed by atoms with Crippen molar-refractivity contribution in [2.75, 3.05) is 18.1 Å². The number of hydrogen-bond donors (Lipinski definition) is 2. The molecule has 1 amide bonds. The van der Waals surface area contributed by atoms with Crippen LogP contribution in [0.2, 0.25) is 0 Å². The first-order chi connectivity index (χ1) is 10.6. The highest BCUT2D eigenvalue weighted by Crippen LogP contribution is 2.20. The van der Waals surface area contributed by atoms with Crippen molar-refractivity contribution in [1.29, 1.82) is 0 Å². The molecule has 2 aromatic carbocycles. The summed E-state index contributed by atoms with van der Waals surface area (Å²) >= 11 is 0. The van der Waals surface area contributed by atoms with Crippen molar-refractivity contribution in [3.8, 4) is 0 Å². The van der Waals surface area contributed by atoms with Gasteiger partial charge in [0.05, 0.1) is 0 Å². The summed E-state index contributed by atoms with van der Waals surface area (Å²) < 4.78 is 11.4. The average molecular weight is 314 g/mol. The third-order valence-electron chi connectivity index (χ3n) is 3.78. The van der Waals surface area contributed by atoms with Crippen LogP contribution in [0.25, 0.3) is 0 Å². The molecule has 1 aliphatic rings. The maximum atomic E-state index is 11.7. The van der Waals surface area contributed by atoms with E-state index in [4.69, 9.17) is 0 Å². The number of amides is 1. The fourth-order valence-corrected chi connectivity index (χ4v) is 3.06. The van der Waals surface area contributed by atoms with E-state index in [1.54, 1.807) is 6.26 Å². The van der Waals surface area contributed by atoms with Crippen LogP contribution in [0.1, 0.15) is 21.5 Å². The van der Waals surface area contributed by atoms with E-state index in [-0.39, 0.29) is 5.91 Å². The lowest BCUT2D eigenvalue weighted by Crippen LogP contribution is -2.31. The van der Waals surface area contributed by atoms with E-state index in [0.29, 0.717) is 13.1 Å². The van der Waals surface area contributed by atoms with Gasteiger partial charge in [0.15, 0.2) is 0 Å². The minimum absolute atomic E-state index is 0.0101. The summed E-state index contributed by atoms with van der Waals surface area (Å²) in [6.07, 6.45) is 2.55. The molecule has 0 radical (unpaired) electrons. The van der Waals surface area contributed by atoms with Crippen LogP contribution < -0.4 is 10.6 Å². The summed E-state index contributed by atoms with van der Waals surface area (Å²) in [4.78, 5) is 12.5. The number of anilines is 1. The molecule has 2 aromatic rings. The van der Waals surface area contributed by atoms with Crippen LogP contribution >= 0.6 is 0 Å². The summed E-state index contributed by atoms with van der Waals surface area (Å²) in [6.45, 7) is 1.40. The molecular weight excluding hydrogens is 296 g/mol.